The van der Waals surface area contributed by atoms with Gasteiger partial charge >= 0.3 is 5.97 Å². The lowest BCUT2D eigenvalue weighted by Crippen LogP contribution is -2.37. The van der Waals surface area contributed by atoms with E-state index in [1.807, 2.05) is 0 Å². The van der Waals surface area contributed by atoms with E-state index in [9.17, 15) is 14.4 Å². The van der Waals surface area contributed by atoms with E-state index >= 15 is 0 Å². The molecule has 0 atom stereocenters. The van der Waals surface area contributed by atoms with Crippen LogP contribution in [0.15, 0.2) is 34.7 Å². The summed E-state index contributed by atoms with van der Waals surface area (Å²) in [6, 6.07) is 7.49. The van der Waals surface area contributed by atoms with Crippen molar-refractivity contribution in [3.05, 3.63) is 41.9 Å². The van der Waals surface area contributed by atoms with Gasteiger partial charge in [-0.1, -0.05) is 0 Å². The van der Waals surface area contributed by atoms with Crippen LogP contribution >= 0.6 is 0 Å². The maximum absolute atomic E-state index is 12.4. The summed E-state index contributed by atoms with van der Waals surface area (Å²) in [4.78, 5) is 36.8. The van der Waals surface area contributed by atoms with Gasteiger partial charge < -0.3 is 29.2 Å². The Bertz CT molecular complexity index is 874. The SMILES string of the molecule is CCN(CC(=O)Nc1ccc2c(c1)OCCO2)C(=O)c1ccc(C(=O)O)o1. The fraction of sp³-hybridized carbons (Fsp3) is 0.278. The molecule has 0 saturated heterocycles. The Morgan fingerprint density at radius 3 is 2.44 bits per heavy atom. The summed E-state index contributed by atoms with van der Waals surface area (Å²) in [6.45, 7) is 2.65. The lowest BCUT2D eigenvalue weighted by molar-refractivity contribution is -0.116. The van der Waals surface area contributed by atoms with E-state index in [1.165, 1.54) is 17.0 Å². The second kappa shape index (κ2) is 7.81. The average molecular weight is 374 g/mol. The first-order valence-corrected chi connectivity index (χ1v) is 8.30. The topological polar surface area (TPSA) is 118 Å². The number of carboxylic acid groups (broad SMARTS) is 1. The van der Waals surface area contributed by atoms with Crippen LogP contribution in [0.25, 0.3) is 0 Å². The lowest BCUT2D eigenvalue weighted by Gasteiger charge is -2.20. The Labute approximate surface area is 154 Å². The van der Waals surface area contributed by atoms with E-state index in [0.29, 0.717) is 30.4 Å². The molecule has 2 amide bonds. The fourth-order valence-electron chi connectivity index (χ4n) is 2.55. The van der Waals surface area contributed by atoms with Crippen molar-refractivity contribution in [2.24, 2.45) is 0 Å². The van der Waals surface area contributed by atoms with Gasteiger partial charge in [-0.25, -0.2) is 4.79 Å². The molecule has 3 rings (SSSR count). The van der Waals surface area contributed by atoms with Gasteiger partial charge in [0.2, 0.25) is 11.7 Å². The van der Waals surface area contributed by atoms with E-state index < -0.39 is 17.8 Å². The Balaban J connectivity index is 1.64. The van der Waals surface area contributed by atoms with Crippen molar-refractivity contribution < 1.29 is 33.4 Å². The van der Waals surface area contributed by atoms with Crippen LogP contribution in [0, 0.1) is 0 Å². The number of nitrogens with one attached hydrogen (secondary N) is 1. The number of amides is 2. The summed E-state index contributed by atoms with van der Waals surface area (Å²) in [7, 11) is 0. The normalized spacial score (nSPS) is 12.3. The molecule has 0 unspecified atom stereocenters. The number of carboxylic acids is 1. The highest BCUT2D eigenvalue weighted by atomic mass is 16.6. The number of carbonyl (C=O) groups is 3. The second-order valence-electron chi connectivity index (χ2n) is 5.69. The van der Waals surface area contributed by atoms with Crippen molar-refractivity contribution in [1.82, 2.24) is 4.90 Å². The molecule has 27 heavy (non-hydrogen) atoms. The lowest BCUT2D eigenvalue weighted by atomic mass is 10.2. The van der Waals surface area contributed by atoms with Crippen LogP contribution in [0.1, 0.15) is 28.0 Å². The van der Waals surface area contributed by atoms with E-state index in [0.717, 1.165) is 0 Å². The molecule has 1 aliphatic rings. The van der Waals surface area contributed by atoms with Crippen LogP contribution in [0.3, 0.4) is 0 Å². The number of carbonyl (C=O) groups excluding carboxylic acids is 2. The first kappa shape index (κ1) is 18.3. The number of nitrogens with zero attached hydrogens (tertiary/aromatic N) is 1. The standard InChI is InChI=1S/C18H18N2O7/c1-2-20(17(22)13-5-6-14(27-13)18(23)24)10-16(21)19-11-3-4-12-15(9-11)26-8-7-25-12/h3-6,9H,2,7-8,10H2,1H3,(H,19,21)(H,23,24). The number of furan rings is 1. The van der Waals surface area contributed by atoms with Crippen molar-refractivity contribution >= 4 is 23.5 Å². The molecule has 2 heterocycles. The quantitative estimate of drug-likeness (QED) is 0.792. The monoisotopic (exact) mass is 374 g/mol. The third-order valence-electron chi connectivity index (χ3n) is 3.86. The number of rotatable bonds is 6. The number of fused-ring (bicyclic) bond motifs is 1. The maximum Gasteiger partial charge on any atom is 0.371 e. The average Bonchev–Trinajstić information content (AvgIpc) is 3.16. The molecule has 0 aliphatic carbocycles. The third kappa shape index (κ3) is 4.20. The summed E-state index contributed by atoms with van der Waals surface area (Å²) in [5.74, 6) is -1.57. The van der Waals surface area contributed by atoms with Gasteiger partial charge in [0.15, 0.2) is 17.3 Å². The van der Waals surface area contributed by atoms with Crippen molar-refractivity contribution in [3.8, 4) is 11.5 Å². The summed E-state index contributed by atoms with van der Waals surface area (Å²) < 4.78 is 15.9. The minimum absolute atomic E-state index is 0.138. The zero-order valence-electron chi connectivity index (χ0n) is 14.6. The second-order valence-corrected chi connectivity index (χ2v) is 5.69. The molecule has 9 heteroatoms. The maximum atomic E-state index is 12.4. The Morgan fingerprint density at radius 2 is 1.78 bits per heavy atom. The number of anilines is 1. The van der Waals surface area contributed by atoms with Gasteiger partial charge in [0.05, 0.1) is 0 Å². The van der Waals surface area contributed by atoms with Gasteiger partial charge in [-0.2, -0.15) is 0 Å². The molecule has 0 saturated carbocycles. The van der Waals surface area contributed by atoms with Crippen molar-refractivity contribution in [2.75, 3.05) is 31.6 Å². The molecule has 9 nitrogen and oxygen atoms in total. The highest BCUT2D eigenvalue weighted by Crippen LogP contribution is 2.32. The fourth-order valence-corrected chi connectivity index (χ4v) is 2.55. The van der Waals surface area contributed by atoms with Crippen LogP contribution in [-0.4, -0.2) is 54.1 Å². The molecular formula is C18H18N2O7. The molecular weight excluding hydrogens is 356 g/mol. The molecule has 1 aromatic heterocycles. The van der Waals surface area contributed by atoms with Crippen LogP contribution in [-0.2, 0) is 4.79 Å². The summed E-state index contributed by atoms with van der Waals surface area (Å²) >= 11 is 0. The summed E-state index contributed by atoms with van der Waals surface area (Å²) in [6.07, 6.45) is 0. The van der Waals surface area contributed by atoms with E-state index in [1.54, 1.807) is 25.1 Å². The number of likely N-dealkylation sites (N-methyl/N-ethyl adjacent to an activating group) is 1. The van der Waals surface area contributed by atoms with E-state index in [4.69, 9.17) is 19.0 Å². The van der Waals surface area contributed by atoms with Crippen LogP contribution in [0.4, 0.5) is 5.69 Å². The van der Waals surface area contributed by atoms with Gasteiger partial charge in [0, 0.05) is 18.3 Å². The third-order valence-corrected chi connectivity index (χ3v) is 3.86. The number of ether oxygens (including phenoxy) is 2. The van der Waals surface area contributed by atoms with E-state index in [2.05, 4.69) is 5.32 Å². The van der Waals surface area contributed by atoms with Gasteiger partial charge in [0.1, 0.15) is 19.8 Å². The molecule has 0 bridgehead atoms. The number of hydrogen-bond donors (Lipinski definition) is 2. The van der Waals surface area contributed by atoms with Crippen LogP contribution < -0.4 is 14.8 Å². The summed E-state index contributed by atoms with van der Waals surface area (Å²) in [5, 5.41) is 11.6. The number of hydrogen-bond acceptors (Lipinski definition) is 6. The van der Waals surface area contributed by atoms with Crippen molar-refractivity contribution in [3.63, 3.8) is 0 Å². The van der Waals surface area contributed by atoms with Gasteiger partial charge in [0.25, 0.3) is 5.91 Å². The smallest absolute Gasteiger partial charge is 0.371 e. The van der Waals surface area contributed by atoms with Gasteiger partial charge in [-0.3, -0.25) is 9.59 Å². The first-order chi connectivity index (χ1) is 13.0. The summed E-state index contributed by atoms with van der Waals surface area (Å²) in [5.41, 5.74) is 0.513. The number of aromatic carboxylic acids is 1. The zero-order valence-corrected chi connectivity index (χ0v) is 14.6. The molecule has 0 radical (unpaired) electrons. The van der Waals surface area contributed by atoms with Gasteiger partial charge in [-0.15, -0.1) is 0 Å². The van der Waals surface area contributed by atoms with Crippen LogP contribution in [0.5, 0.6) is 11.5 Å². The molecule has 142 valence electrons. The molecule has 0 fully saturated rings. The Morgan fingerprint density at radius 1 is 1.07 bits per heavy atom. The Kier molecular flexibility index (Phi) is 5.30. The van der Waals surface area contributed by atoms with Crippen molar-refractivity contribution in [2.45, 2.75) is 6.92 Å². The number of benzene rings is 1. The molecule has 2 aromatic rings. The first-order valence-electron chi connectivity index (χ1n) is 8.30. The van der Waals surface area contributed by atoms with Crippen LogP contribution in [0.2, 0.25) is 0 Å². The highest BCUT2D eigenvalue weighted by Gasteiger charge is 2.22. The largest absolute Gasteiger partial charge is 0.486 e. The minimum atomic E-state index is -1.27. The predicted octanol–water partition coefficient (Wildman–Crippen LogP) is 1.85. The molecule has 0 spiro atoms. The Hall–Kier alpha value is -3.49. The molecule has 2 N–H and O–H groups in total. The zero-order chi connectivity index (χ0) is 19.4. The highest BCUT2D eigenvalue weighted by molar-refractivity contribution is 5.98. The van der Waals surface area contributed by atoms with Gasteiger partial charge in [-0.05, 0) is 31.2 Å². The minimum Gasteiger partial charge on any atom is -0.486 e. The molecule has 1 aromatic carbocycles. The predicted molar refractivity (Wildman–Crippen MR) is 93.3 cm³/mol. The van der Waals surface area contributed by atoms with Crippen molar-refractivity contribution in [1.29, 1.82) is 0 Å². The van der Waals surface area contributed by atoms with E-state index in [-0.39, 0.29) is 24.6 Å². The molecule has 1 aliphatic heterocycles.